The lowest BCUT2D eigenvalue weighted by molar-refractivity contribution is -0.129. The molecule has 2 heterocycles. The van der Waals surface area contributed by atoms with E-state index in [9.17, 15) is 4.79 Å². The molecule has 1 aromatic heterocycles. The SMILES string of the molecule is CC(=O)N1CCc2cncnc2C1. The van der Waals surface area contributed by atoms with Gasteiger partial charge < -0.3 is 4.90 Å². The van der Waals surface area contributed by atoms with E-state index in [1.165, 1.54) is 11.9 Å². The van der Waals surface area contributed by atoms with Crippen LogP contribution in [-0.4, -0.2) is 27.3 Å². The standard InChI is InChI=1S/C9H11N3O/c1-7(13)12-3-2-8-4-10-6-11-9(8)5-12/h4,6H,2-3,5H2,1H3. The molecule has 0 aliphatic carbocycles. The number of nitrogens with zero attached hydrogens (tertiary/aromatic N) is 3. The molecule has 0 radical (unpaired) electrons. The lowest BCUT2D eigenvalue weighted by Gasteiger charge is -2.26. The van der Waals surface area contributed by atoms with Gasteiger partial charge in [0.2, 0.25) is 5.91 Å². The number of aromatic nitrogens is 2. The molecule has 1 aromatic rings. The summed E-state index contributed by atoms with van der Waals surface area (Å²) in [5, 5.41) is 0. The summed E-state index contributed by atoms with van der Waals surface area (Å²) in [6.45, 7) is 3.01. The summed E-state index contributed by atoms with van der Waals surface area (Å²) in [5.41, 5.74) is 2.15. The minimum atomic E-state index is 0.115. The van der Waals surface area contributed by atoms with Crippen molar-refractivity contribution in [3.63, 3.8) is 0 Å². The molecule has 4 heteroatoms. The molecule has 0 spiro atoms. The molecule has 13 heavy (non-hydrogen) atoms. The quantitative estimate of drug-likeness (QED) is 0.575. The molecule has 1 aliphatic heterocycles. The van der Waals surface area contributed by atoms with Gasteiger partial charge in [-0.05, 0) is 12.0 Å². The highest BCUT2D eigenvalue weighted by atomic mass is 16.2. The fourth-order valence-corrected chi connectivity index (χ4v) is 1.52. The van der Waals surface area contributed by atoms with Crippen molar-refractivity contribution in [3.05, 3.63) is 23.8 Å². The van der Waals surface area contributed by atoms with Gasteiger partial charge in [-0.25, -0.2) is 9.97 Å². The van der Waals surface area contributed by atoms with Crippen molar-refractivity contribution in [3.8, 4) is 0 Å². The molecule has 1 aliphatic rings. The average molecular weight is 177 g/mol. The fourth-order valence-electron chi connectivity index (χ4n) is 1.52. The van der Waals surface area contributed by atoms with Crippen LogP contribution in [0.1, 0.15) is 18.2 Å². The van der Waals surface area contributed by atoms with Gasteiger partial charge in [-0.2, -0.15) is 0 Å². The summed E-state index contributed by atoms with van der Waals surface area (Å²) < 4.78 is 0. The van der Waals surface area contributed by atoms with E-state index >= 15 is 0 Å². The van der Waals surface area contributed by atoms with Crippen LogP contribution < -0.4 is 0 Å². The van der Waals surface area contributed by atoms with Crippen molar-refractivity contribution < 1.29 is 4.79 Å². The van der Waals surface area contributed by atoms with Crippen LogP contribution in [0.4, 0.5) is 0 Å². The van der Waals surface area contributed by atoms with Gasteiger partial charge in [0.15, 0.2) is 0 Å². The van der Waals surface area contributed by atoms with Crippen molar-refractivity contribution in [1.29, 1.82) is 0 Å². The third-order valence-electron chi connectivity index (χ3n) is 2.32. The molecule has 0 unspecified atom stereocenters. The Balaban J connectivity index is 2.24. The summed E-state index contributed by atoms with van der Waals surface area (Å²) in [5.74, 6) is 0.115. The average Bonchev–Trinajstić information content (AvgIpc) is 2.17. The van der Waals surface area contributed by atoms with E-state index in [0.29, 0.717) is 6.54 Å². The van der Waals surface area contributed by atoms with Gasteiger partial charge >= 0.3 is 0 Å². The lowest BCUT2D eigenvalue weighted by atomic mass is 10.1. The summed E-state index contributed by atoms with van der Waals surface area (Å²) in [4.78, 5) is 21.0. The van der Waals surface area contributed by atoms with Crippen LogP contribution in [0, 0.1) is 0 Å². The van der Waals surface area contributed by atoms with Gasteiger partial charge in [-0.15, -0.1) is 0 Å². The third-order valence-corrected chi connectivity index (χ3v) is 2.32. The number of fused-ring (bicyclic) bond motifs is 1. The third kappa shape index (κ3) is 1.52. The molecule has 0 bridgehead atoms. The lowest BCUT2D eigenvalue weighted by Crippen LogP contribution is -2.34. The van der Waals surface area contributed by atoms with E-state index in [0.717, 1.165) is 18.7 Å². The Kier molecular flexibility index (Phi) is 1.96. The van der Waals surface area contributed by atoms with Crippen LogP contribution in [0.25, 0.3) is 0 Å². The zero-order valence-electron chi connectivity index (χ0n) is 7.53. The number of amides is 1. The van der Waals surface area contributed by atoms with Crippen molar-refractivity contribution >= 4 is 5.91 Å². The largest absolute Gasteiger partial charge is 0.337 e. The molecule has 1 amide bonds. The van der Waals surface area contributed by atoms with Gasteiger partial charge in [0.05, 0.1) is 12.2 Å². The Labute approximate surface area is 76.6 Å². The smallest absolute Gasteiger partial charge is 0.219 e. The summed E-state index contributed by atoms with van der Waals surface area (Å²) >= 11 is 0. The number of rotatable bonds is 0. The van der Waals surface area contributed by atoms with Crippen LogP contribution in [0.15, 0.2) is 12.5 Å². The minimum Gasteiger partial charge on any atom is -0.337 e. The predicted molar refractivity (Wildman–Crippen MR) is 46.8 cm³/mol. The monoisotopic (exact) mass is 177 g/mol. The van der Waals surface area contributed by atoms with Crippen LogP contribution in [-0.2, 0) is 17.8 Å². The summed E-state index contributed by atoms with van der Waals surface area (Å²) in [6, 6.07) is 0. The zero-order chi connectivity index (χ0) is 9.26. The fraction of sp³-hybridized carbons (Fsp3) is 0.444. The second-order valence-corrected chi connectivity index (χ2v) is 3.19. The van der Waals surface area contributed by atoms with Crippen LogP contribution in [0.3, 0.4) is 0 Å². The Hall–Kier alpha value is -1.45. The highest BCUT2D eigenvalue weighted by Gasteiger charge is 2.18. The molecule has 2 rings (SSSR count). The van der Waals surface area contributed by atoms with E-state index in [1.54, 1.807) is 11.8 Å². The molecule has 0 atom stereocenters. The van der Waals surface area contributed by atoms with Gasteiger partial charge in [0, 0.05) is 19.7 Å². The number of carbonyl (C=O) groups excluding carboxylic acids is 1. The molecule has 0 saturated heterocycles. The van der Waals surface area contributed by atoms with Crippen LogP contribution in [0.2, 0.25) is 0 Å². The summed E-state index contributed by atoms with van der Waals surface area (Å²) in [6.07, 6.45) is 4.23. The van der Waals surface area contributed by atoms with Gasteiger partial charge in [0.25, 0.3) is 0 Å². The first-order valence-corrected chi connectivity index (χ1v) is 4.30. The van der Waals surface area contributed by atoms with Crippen molar-refractivity contribution in [2.24, 2.45) is 0 Å². The normalized spacial score (nSPS) is 15.3. The van der Waals surface area contributed by atoms with E-state index in [2.05, 4.69) is 9.97 Å². The summed E-state index contributed by atoms with van der Waals surface area (Å²) in [7, 11) is 0. The highest BCUT2D eigenvalue weighted by Crippen LogP contribution is 2.14. The maximum absolute atomic E-state index is 11.1. The number of carbonyl (C=O) groups is 1. The molecule has 0 aromatic carbocycles. The van der Waals surface area contributed by atoms with Crippen LogP contribution >= 0.6 is 0 Å². The maximum atomic E-state index is 11.1. The number of hydrogen-bond donors (Lipinski definition) is 0. The predicted octanol–water partition coefficient (Wildman–Crippen LogP) is 0.381. The molecular formula is C9H11N3O. The van der Waals surface area contributed by atoms with E-state index in [-0.39, 0.29) is 5.91 Å². The van der Waals surface area contributed by atoms with Gasteiger partial charge in [-0.3, -0.25) is 4.79 Å². The second kappa shape index (κ2) is 3.12. The van der Waals surface area contributed by atoms with E-state index < -0.39 is 0 Å². The first kappa shape index (κ1) is 8.16. The Bertz CT molecular complexity index is 337. The topological polar surface area (TPSA) is 46.1 Å². The molecule has 68 valence electrons. The molecule has 0 N–H and O–H groups in total. The first-order valence-electron chi connectivity index (χ1n) is 4.30. The first-order chi connectivity index (χ1) is 6.27. The molecular weight excluding hydrogens is 166 g/mol. The Morgan fingerprint density at radius 2 is 2.46 bits per heavy atom. The van der Waals surface area contributed by atoms with E-state index in [4.69, 9.17) is 0 Å². The van der Waals surface area contributed by atoms with Crippen LogP contribution in [0.5, 0.6) is 0 Å². The van der Waals surface area contributed by atoms with Gasteiger partial charge in [0.1, 0.15) is 6.33 Å². The second-order valence-electron chi connectivity index (χ2n) is 3.19. The van der Waals surface area contributed by atoms with E-state index in [1.807, 2.05) is 6.20 Å². The highest BCUT2D eigenvalue weighted by molar-refractivity contribution is 5.73. The zero-order valence-corrected chi connectivity index (χ0v) is 7.53. The molecule has 0 fully saturated rings. The Morgan fingerprint density at radius 3 is 3.23 bits per heavy atom. The minimum absolute atomic E-state index is 0.115. The Morgan fingerprint density at radius 1 is 1.62 bits per heavy atom. The van der Waals surface area contributed by atoms with Crippen molar-refractivity contribution in [1.82, 2.24) is 14.9 Å². The van der Waals surface area contributed by atoms with Crippen molar-refractivity contribution in [2.75, 3.05) is 6.54 Å². The maximum Gasteiger partial charge on any atom is 0.219 e. The molecule has 4 nitrogen and oxygen atoms in total. The number of hydrogen-bond acceptors (Lipinski definition) is 3. The van der Waals surface area contributed by atoms with Crippen molar-refractivity contribution in [2.45, 2.75) is 19.9 Å². The molecule has 0 saturated carbocycles. The van der Waals surface area contributed by atoms with Gasteiger partial charge in [-0.1, -0.05) is 0 Å².